The van der Waals surface area contributed by atoms with Crippen LogP contribution in [-0.4, -0.2) is 44.2 Å². The predicted molar refractivity (Wildman–Crippen MR) is 122 cm³/mol. The van der Waals surface area contributed by atoms with Crippen molar-refractivity contribution in [2.75, 3.05) is 41.6 Å². The van der Waals surface area contributed by atoms with Gasteiger partial charge in [-0.25, -0.2) is 0 Å². The second-order valence-electron chi connectivity index (χ2n) is 7.63. The highest BCUT2D eigenvalue weighted by atomic mass is 32.2. The van der Waals surface area contributed by atoms with E-state index in [1.54, 1.807) is 46.9 Å². The molecular weight excluding hydrogens is 414 g/mol. The van der Waals surface area contributed by atoms with Crippen LogP contribution in [0.5, 0.6) is 5.75 Å². The molecule has 3 amide bonds. The second-order valence-corrected chi connectivity index (χ2v) is 8.51. The molecule has 0 bridgehead atoms. The molecule has 1 unspecified atom stereocenters. The number of carbonyl (C=O) groups excluding carboxylic acids is 3. The van der Waals surface area contributed by atoms with Crippen molar-refractivity contribution in [2.45, 2.75) is 24.2 Å². The number of benzene rings is 2. The van der Waals surface area contributed by atoms with E-state index in [9.17, 15) is 14.4 Å². The molecule has 0 saturated carbocycles. The van der Waals surface area contributed by atoms with Crippen molar-refractivity contribution in [1.82, 2.24) is 0 Å². The molecule has 0 aromatic heterocycles. The van der Waals surface area contributed by atoms with E-state index >= 15 is 0 Å². The number of thioether (sulfide) groups is 1. The van der Waals surface area contributed by atoms with E-state index in [2.05, 4.69) is 5.32 Å². The fourth-order valence-corrected chi connectivity index (χ4v) is 4.49. The zero-order valence-electron chi connectivity index (χ0n) is 17.6. The predicted octanol–water partition coefficient (Wildman–Crippen LogP) is 3.54. The zero-order valence-corrected chi connectivity index (χ0v) is 18.4. The minimum absolute atomic E-state index is 0.0566. The normalized spacial score (nSPS) is 18.6. The first-order valence-corrected chi connectivity index (χ1v) is 11.5. The number of rotatable bonds is 6. The number of nitrogens with one attached hydrogen (secondary N) is 1. The Hall–Kier alpha value is -3.00. The van der Waals surface area contributed by atoms with Gasteiger partial charge in [0.1, 0.15) is 5.75 Å². The van der Waals surface area contributed by atoms with Gasteiger partial charge in [0.05, 0.1) is 18.7 Å². The molecule has 8 heteroatoms. The smallest absolute Gasteiger partial charge is 0.229 e. The highest BCUT2D eigenvalue weighted by Crippen LogP contribution is 2.34. The average Bonchev–Trinajstić information content (AvgIpc) is 3.39. The van der Waals surface area contributed by atoms with Crippen molar-refractivity contribution >= 4 is 46.5 Å². The molecular formula is C23H25N3O4S. The minimum Gasteiger partial charge on any atom is -0.494 e. The molecule has 2 fully saturated rings. The summed E-state index contributed by atoms with van der Waals surface area (Å²) in [5, 5.41) is 2.90. The Balaban J connectivity index is 1.46. The van der Waals surface area contributed by atoms with Gasteiger partial charge in [0.15, 0.2) is 0 Å². The number of methoxy groups -OCH3 is 1. The van der Waals surface area contributed by atoms with Crippen molar-refractivity contribution < 1.29 is 19.1 Å². The SMILES string of the molecule is COc1cc(NC(=O)C2CC(=O)N(c3cccc(SC)c3)C2)ccc1N1CCCC1=O. The summed E-state index contributed by atoms with van der Waals surface area (Å²) < 4.78 is 5.46. The van der Waals surface area contributed by atoms with Gasteiger partial charge in [-0.1, -0.05) is 6.07 Å². The average molecular weight is 440 g/mol. The third kappa shape index (κ3) is 4.39. The van der Waals surface area contributed by atoms with E-state index in [1.807, 2.05) is 30.5 Å². The van der Waals surface area contributed by atoms with Crippen molar-refractivity contribution in [1.29, 1.82) is 0 Å². The largest absolute Gasteiger partial charge is 0.494 e. The van der Waals surface area contributed by atoms with Crippen LogP contribution in [0, 0.1) is 5.92 Å². The molecule has 0 spiro atoms. The van der Waals surface area contributed by atoms with Gasteiger partial charge in [-0.15, -0.1) is 11.8 Å². The quantitative estimate of drug-likeness (QED) is 0.697. The van der Waals surface area contributed by atoms with Crippen LogP contribution in [0.15, 0.2) is 47.4 Å². The van der Waals surface area contributed by atoms with Crippen LogP contribution in [0.2, 0.25) is 0 Å². The molecule has 2 aliphatic heterocycles. The first-order chi connectivity index (χ1) is 15.0. The summed E-state index contributed by atoms with van der Waals surface area (Å²) in [7, 11) is 1.54. The number of hydrogen-bond donors (Lipinski definition) is 1. The van der Waals surface area contributed by atoms with Crippen LogP contribution < -0.4 is 19.9 Å². The van der Waals surface area contributed by atoms with Gasteiger partial charge >= 0.3 is 0 Å². The number of nitrogens with zero attached hydrogens (tertiary/aromatic N) is 2. The molecule has 1 N–H and O–H groups in total. The number of ether oxygens (including phenoxy) is 1. The van der Waals surface area contributed by atoms with Gasteiger partial charge < -0.3 is 19.9 Å². The number of amides is 3. The lowest BCUT2D eigenvalue weighted by molar-refractivity contribution is -0.122. The lowest BCUT2D eigenvalue weighted by Crippen LogP contribution is -2.28. The van der Waals surface area contributed by atoms with Crippen LogP contribution >= 0.6 is 11.8 Å². The van der Waals surface area contributed by atoms with Crippen LogP contribution in [0.25, 0.3) is 0 Å². The highest BCUT2D eigenvalue weighted by molar-refractivity contribution is 7.98. The molecule has 1 atom stereocenters. The van der Waals surface area contributed by atoms with Gasteiger partial charge in [-0.05, 0) is 43.0 Å². The Kier molecular flexibility index (Phi) is 6.18. The summed E-state index contributed by atoms with van der Waals surface area (Å²) in [6.07, 6.45) is 3.52. The van der Waals surface area contributed by atoms with E-state index in [0.717, 1.165) is 17.0 Å². The van der Waals surface area contributed by atoms with Gasteiger partial charge in [0.2, 0.25) is 17.7 Å². The zero-order chi connectivity index (χ0) is 22.0. The molecule has 2 aromatic rings. The summed E-state index contributed by atoms with van der Waals surface area (Å²) >= 11 is 1.61. The summed E-state index contributed by atoms with van der Waals surface area (Å²) in [6.45, 7) is 1.01. The molecule has 162 valence electrons. The third-order valence-corrected chi connectivity index (χ3v) is 6.40. The maximum Gasteiger partial charge on any atom is 0.229 e. The van der Waals surface area contributed by atoms with E-state index in [0.29, 0.717) is 36.6 Å². The monoisotopic (exact) mass is 439 g/mol. The molecule has 31 heavy (non-hydrogen) atoms. The molecule has 7 nitrogen and oxygen atoms in total. The fraction of sp³-hybridized carbons (Fsp3) is 0.348. The lowest BCUT2D eigenvalue weighted by Gasteiger charge is -2.20. The molecule has 4 rings (SSSR count). The van der Waals surface area contributed by atoms with Crippen molar-refractivity contribution in [3.8, 4) is 5.75 Å². The number of hydrogen-bond acceptors (Lipinski definition) is 5. The summed E-state index contributed by atoms with van der Waals surface area (Å²) in [6, 6.07) is 13.0. The standard InChI is InChI=1S/C23H25N3O4S/c1-30-20-12-16(8-9-19(20)25-10-4-7-21(25)27)24-23(29)15-11-22(28)26(14-15)17-5-3-6-18(13-17)31-2/h3,5-6,8-9,12-13,15H,4,7,10-11,14H2,1-2H3,(H,24,29). The first-order valence-electron chi connectivity index (χ1n) is 10.2. The van der Waals surface area contributed by atoms with Crippen molar-refractivity contribution in [3.05, 3.63) is 42.5 Å². The fourth-order valence-electron chi connectivity index (χ4n) is 4.04. The van der Waals surface area contributed by atoms with Gasteiger partial charge in [0, 0.05) is 48.3 Å². The first kappa shape index (κ1) is 21.2. The minimum atomic E-state index is -0.434. The van der Waals surface area contributed by atoms with Crippen molar-refractivity contribution in [3.63, 3.8) is 0 Å². The Labute approximate surface area is 185 Å². The van der Waals surface area contributed by atoms with Crippen molar-refractivity contribution in [2.24, 2.45) is 5.92 Å². The Bertz CT molecular complexity index is 1030. The maximum absolute atomic E-state index is 12.9. The molecule has 2 aromatic carbocycles. The Morgan fingerprint density at radius 2 is 1.97 bits per heavy atom. The highest BCUT2D eigenvalue weighted by Gasteiger charge is 2.35. The number of anilines is 3. The molecule has 0 aliphatic carbocycles. The van der Waals surface area contributed by atoms with E-state index in [4.69, 9.17) is 4.74 Å². The van der Waals surface area contributed by atoms with E-state index in [1.165, 1.54) is 0 Å². The molecule has 2 heterocycles. The van der Waals surface area contributed by atoms with Gasteiger partial charge in [-0.2, -0.15) is 0 Å². The lowest BCUT2D eigenvalue weighted by atomic mass is 10.1. The van der Waals surface area contributed by atoms with Crippen LogP contribution in [0.3, 0.4) is 0 Å². The van der Waals surface area contributed by atoms with E-state index in [-0.39, 0.29) is 24.1 Å². The summed E-state index contributed by atoms with van der Waals surface area (Å²) in [5.41, 5.74) is 2.10. The molecule has 2 aliphatic rings. The van der Waals surface area contributed by atoms with Crippen LogP contribution in [-0.2, 0) is 14.4 Å². The van der Waals surface area contributed by atoms with Crippen LogP contribution in [0.4, 0.5) is 17.1 Å². The maximum atomic E-state index is 12.9. The van der Waals surface area contributed by atoms with E-state index < -0.39 is 5.92 Å². The summed E-state index contributed by atoms with van der Waals surface area (Å²) in [5.74, 6) is -0.0877. The Morgan fingerprint density at radius 1 is 1.13 bits per heavy atom. The second kappa shape index (κ2) is 9.01. The third-order valence-electron chi connectivity index (χ3n) is 5.67. The summed E-state index contributed by atoms with van der Waals surface area (Å²) in [4.78, 5) is 41.9. The van der Waals surface area contributed by atoms with Gasteiger partial charge in [0.25, 0.3) is 0 Å². The number of carbonyl (C=O) groups is 3. The topological polar surface area (TPSA) is 79.0 Å². The van der Waals surface area contributed by atoms with Gasteiger partial charge in [-0.3, -0.25) is 14.4 Å². The van der Waals surface area contributed by atoms with Crippen LogP contribution in [0.1, 0.15) is 19.3 Å². The molecule has 0 radical (unpaired) electrons. The molecule has 2 saturated heterocycles. The Morgan fingerprint density at radius 3 is 2.68 bits per heavy atom.